The molecule has 1 atom stereocenters. The summed E-state index contributed by atoms with van der Waals surface area (Å²) in [6, 6.07) is 8.16. The Kier molecular flexibility index (Phi) is 8.22. The lowest BCUT2D eigenvalue weighted by molar-refractivity contribution is 0.232. The van der Waals surface area contributed by atoms with E-state index < -0.39 is 0 Å². The molecule has 0 radical (unpaired) electrons. The summed E-state index contributed by atoms with van der Waals surface area (Å²) < 4.78 is 5.93. The Morgan fingerprint density at radius 3 is 2.70 bits per heavy atom. The van der Waals surface area contributed by atoms with Gasteiger partial charge in [-0.1, -0.05) is 46.1 Å². The van der Waals surface area contributed by atoms with Crippen molar-refractivity contribution >= 4 is 11.8 Å². The van der Waals surface area contributed by atoms with E-state index >= 15 is 0 Å². The highest BCUT2D eigenvalue weighted by atomic mass is 32.2. The molecule has 0 saturated heterocycles. The third-order valence-electron chi connectivity index (χ3n) is 3.42. The number of benzene rings is 1. The summed E-state index contributed by atoms with van der Waals surface area (Å²) >= 11 is 1.69. The van der Waals surface area contributed by atoms with Gasteiger partial charge in [-0.25, -0.2) is 0 Å². The van der Waals surface area contributed by atoms with Crippen LogP contribution < -0.4 is 4.74 Å². The minimum atomic E-state index is 0.587. The summed E-state index contributed by atoms with van der Waals surface area (Å²) in [6.07, 6.45) is 4.81. The molecule has 0 N–H and O–H groups in total. The zero-order chi connectivity index (χ0) is 14.8. The number of hydrogen-bond donors (Lipinski definition) is 0. The average molecular weight is 291 g/mol. The second kappa shape index (κ2) is 9.72. The number of thioether (sulfide) groups is 1. The monoisotopic (exact) mass is 291 g/mol. The molecule has 1 rings (SSSR count). The maximum atomic E-state index is 9.35. The topological polar surface area (TPSA) is 33.0 Å². The van der Waals surface area contributed by atoms with Crippen LogP contribution in [0, 0.1) is 17.2 Å². The lowest BCUT2D eigenvalue weighted by Crippen LogP contribution is -2.12. The number of nitrogens with zero attached hydrogens (tertiary/aromatic N) is 1. The summed E-state index contributed by atoms with van der Waals surface area (Å²) in [5.41, 5.74) is 0.685. The Morgan fingerprint density at radius 2 is 2.10 bits per heavy atom. The predicted molar refractivity (Wildman–Crippen MR) is 86.4 cm³/mol. The van der Waals surface area contributed by atoms with Crippen molar-refractivity contribution in [3.8, 4) is 11.8 Å². The van der Waals surface area contributed by atoms with Crippen LogP contribution in [0.5, 0.6) is 5.75 Å². The maximum absolute atomic E-state index is 9.35. The number of ether oxygens (including phenoxy) is 1. The summed E-state index contributed by atoms with van der Waals surface area (Å²) in [6.45, 7) is 7.23. The van der Waals surface area contributed by atoms with Gasteiger partial charge >= 0.3 is 0 Å². The molecule has 110 valence electrons. The quantitative estimate of drug-likeness (QED) is 0.581. The average Bonchev–Trinajstić information content (AvgIpc) is 2.48. The van der Waals surface area contributed by atoms with Gasteiger partial charge in [0.05, 0.1) is 6.61 Å². The normalized spacial score (nSPS) is 11.9. The van der Waals surface area contributed by atoms with E-state index in [4.69, 9.17) is 4.74 Å². The molecule has 0 aromatic heterocycles. The molecule has 0 spiro atoms. The lowest BCUT2D eigenvalue weighted by atomic mass is 10.0. The highest BCUT2D eigenvalue weighted by Gasteiger charge is 2.12. The van der Waals surface area contributed by atoms with Crippen LogP contribution in [0.15, 0.2) is 23.1 Å². The predicted octanol–water partition coefficient (Wildman–Crippen LogP) is 5.27. The van der Waals surface area contributed by atoms with E-state index in [1.54, 1.807) is 11.8 Å². The molecule has 2 nitrogen and oxygen atoms in total. The fourth-order valence-corrected chi connectivity index (χ4v) is 2.90. The van der Waals surface area contributed by atoms with Crippen molar-refractivity contribution in [1.82, 2.24) is 0 Å². The van der Waals surface area contributed by atoms with Crippen LogP contribution in [0.4, 0.5) is 0 Å². The minimum Gasteiger partial charge on any atom is -0.492 e. The SMILES string of the molecule is CCCCC(CC)COc1cccc(SCC)c1C#N. The van der Waals surface area contributed by atoms with Gasteiger partial charge < -0.3 is 4.74 Å². The van der Waals surface area contributed by atoms with E-state index in [-0.39, 0.29) is 0 Å². The van der Waals surface area contributed by atoms with Crippen molar-refractivity contribution < 1.29 is 4.74 Å². The van der Waals surface area contributed by atoms with Gasteiger partial charge in [-0.05, 0) is 30.2 Å². The molecule has 0 aliphatic heterocycles. The first kappa shape index (κ1) is 16.9. The molecule has 0 aliphatic carbocycles. The first-order chi connectivity index (χ1) is 9.76. The van der Waals surface area contributed by atoms with Crippen LogP contribution >= 0.6 is 11.8 Å². The van der Waals surface area contributed by atoms with Gasteiger partial charge in [-0.3, -0.25) is 0 Å². The third-order valence-corrected chi connectivity index (χ3v) is 4.36. The van der Waals surface area contributed by atoms with Crippen molar-refractivity contribution in [2.45, 2.75) is 51.3 Å². The number of nitriles is 1. The van der Waals surface area contributed by atoms with Crippen LogP contribution in [0.3, 0.4) is 0 Å². The van der Waals surface area contributed by atoms with Crippen molar-refractivity contribution in [1.29, 1.82) is 5.26 Å². The Hall–Kier alpha value is -1.14. The van der Waals surface area contributed by atoms with Gasteiger partial charge in [0.15, 0.2) is 0 Å². The van der Waals surface area contributed by atoms with Crippen LogP contribution in [0.25, 0.3) is 0 Å². The Labute approximate surface area is 127 Å². The smallest absolute Gasteiger partial charge is 0.138 e. The summed E-state index contributed by atoms with van der Waals surface area (Å²) in [5, 5.41) is 9.35. The summed E-state index contributed by atoms with van der Waals surface area (Å²) in [7, 11) is 0. The highest BCUT2D eigenvalue weighted by molar-refractivity contribution is 7.99. The van der Waals surface area contributed by atoms with Crippen LogP contribution in [-0.2, 0) is 0 Å². The molecule has 3 heteroatoms. The lowest BCUT2D eigenvalue weighted by Gasteiger charge is -2.17. The molecule has 0 fully saturated rings. The van der Waals surface area contributed by atoms with E-state index in [2.05, 4.69) is 26.8 Å². The number of hydrogen-bond acceptors (Lipinski definition) is 3. The molecule has 0 heterocycles. The largest absolute Gasteiger partial charge is 0.492 e. The maximum Gasteiger partial charge on any atom is 0.138 e. The second-order valence-electron chi connectivity index (χ2n) is 4.90. The van der Waals surface area contributed by atoms with Crippen molar-refractivity contribution in [2.75, 3.05) is 12.4 Å². The minimum absolute atomic E-state index is 0.587. The molecule has 0 bridgehead atoms. The van der Waals surface area contributed by atoms with Gasteiger partial charge in [-0.15, -0.1) is 11.8 Å². The summed E-state index contributed by atoms with van der Waals surface area (Å²) in [4.78, 5) is 1.02. The fourth-order valence-electron chi connectivity index (χ4n) is 2.12. The van der Waals surface area contributed by atoms with E-state index in [1.165, 1.54) is 19.3 Å². The molecule has 0 saturated carbocycles. The molecular weight excluding hydrogens is 266 g/mol. The zero-order valence-electron chi connectivity index (χ0n) is 12.8. The van der Waals surface area contributed by atoms with E-state index in [9.17, 15) is 5.26 Å². The number of rotatable bonds is 9. The molecule has 1 aromatic rings. The summed E-state index contributed by atoms with van der Waals surface area (Å²) in [5.74, 6) is 2.29. The highest BCUT2D eigenvalue weighted by Crippen LogP contribution is 2.30. The third kappa shape index (κ3) is 5.09. The molecule has 0 aliphatic rings. The van der Waals surface area contributed by atoms with Gasteiger partial charge in [0, 0.05) is 4.90 Å². The molecule has 20 heavy (non-hydrogen) atoms. The molecule has 0 amide bonds. The van der Waals surface area contributed by atoms with Gasteiger partial charge in [0.1, 0.15) is 17.4 Å². The van der Waals surface area contributed by atoms with Gasteiger partial charge in [-0.2, -0.15) is 5.26 Å². The van der Waals surface area contributed by atoms with E-state index in [1.807, 2.05) is 18.2 Å². The molecule has 1 unspecified atom stereocenters. The second-order valence-corrected chi connectivity index (χ2v) is 6.21. The standard InChI is InChI=1S/C17H25NOS/c1-4-7-9-14(5-2)13-19-16-10-8-11-17(20-6-3)15(16)12-18/h8,10-11,14H,4-7,9,13H2,1-3H3. The molecular formula is C17H25NOS. The Morgan fingerprint density at radius 1 is 1.30 bits per heavy atom. The Balaban J connectivity index is 2.72. The molecule has 1 aromatic carbocycles. The van der Waals surface area contributed by atoms with Crippen LogP contribution in [0.2, 0.25) is 0 Å². The van der Waals surface area contributed by atoms with Gasteiger partial charge in [0.25, 0.3) is 0 Å². The van der Waals surface area contributed by atoms with Crippen LogP contribution in [-0.4, -0.2) is 12.4 Å². The van der Waals surface area contributed by atoms with Crippen molar-refractivity contribution in [3.05, 3.63) is 23.8 Å². The zero-order valence-corrected chi connectivity index (χ0v) is 13.6. The van der Waals surface area contributed by atoms with E-state index in [0.717, 1.165) is 22.8 Å². The van der Waals surface area contributed by atoms with Gasteiger partial charge in [0.2, 0.25) is 0 Å². The van der Waals surface area contributed by atoms with Crippen molar-refractivity contribution in [2.24, 2.45) is 5.92 Å². The van der Waals surface area contributed by atoms with Crippen molar-refractivity contribution in [3.63, 3.8) is 0 Å². The Bertz CT molecular complexity index is 439. The van der Waals surface area contributed by atoms with E-state index in [0.29, 0.717) is 18.1 Å². The van der Waals surface area contributed by atoms with Crippen LogP contribution in [0.1, 0.15) is 52.0 Å². The first-order valence-electron chi connectivity index (χ1n) is 7.55. The first-order valence-corrected chi connectivity index (χ1v) is 8.53. The fraction of sp³-hybridized carbons (Fsp3) is 0.588. The number of unbranched alkanes of at least 4 members (excludes halogenated alkanes) is 1.